The molecule has 1 heterocycles. The van der Waals surface area contributed by atoms with E-state index in [-0.39, 0.29) is 18.4 Å². The van der Waals surface area contributed by atoms with Crippen molar-refractivity contribution in [3.8, 4) is 0 Å². The highest BCUT2D eigenvalue weighted by Gasteiger charge is 2.42. The van der Waals surface area contributed by atoms with Gasteiger partial charge in [-0.15, -0.1) is 0 Å². The Morgan fingerprint density at radius 3 is 2.00 bits per heavy atom. The molecule has 2 amide bonds. The van der Waals surface area contributed by atoms with E-state index in [0.717, 1.165) is 33.8 Å². The van der Waals surface area contributed by atoms with Gasteiger partial charge in [-0.05, 0) is 54.8 Å². The molecule has 0 aromatic heterocycles. The van der Waals surface area contributed by atoms with Crippen molar-refractivity contribution in [2.24, 2.45) is 0 Å². The summed E-state index contributed by atoms with van der Waals surface area (Å²) in [4.78, 5) is 32.6. The lowest BCUT2D eigenvalue weighted by Crippen LogP contribution is -2.56. The van der Waals surface area contributed by atoms with Gasteiger partial charge in [-0.3, -0.25) is 14.5 Å². The molecule has 1 saturated heterocycles. The number of aryl methyl sites for hydroxylation is 2. The largest absolute Gasteiger partial charge is 0.378 e. The number of nitrogens with zero attached hydrogens (tertiary/aromatic N) is 3. The summed E-state index contributed by atoms with van der Waals surface area (Å²) in [7, 11) is 3.95. The molecular formula is C26H27N3O2. The molecule has 5 nitrogen and oxygen atoms in total. The van der Waals surface area contributed by atoms with Crippen molar-refractivity contribution in [2.45, 2.75) is 19.9 Å². The van der Waals surface area contributed by atoms with E-state index in [1.165, 1.54) is 0 Å². The Hall–Kier alpha value is -3.60. The van der Waals surface area contributed by atoms with E-state index in [2.05, 4.69) is 0 Å². The van der Waals surface area contributed by atoms with Crippen LogP contribution in [0.2, 0.25) is 0 Å². The molecule has 1 fully saturated rings. The number of hydrogen-bond acceptors (Lipinski definition) is 3. The molecule has 0 saturated carbocycles. The highest BCUT2D eigenvalue weighted by Crippen LogP contribution is 2.36. The molecule has 0 aliphatic carbocycles. The summed E-state index contributed by atoms with van der Waals surface area (Å²) in [5.74, 6) is -0.200. The van der Waals surface area contributed by atoms with E-state index in [9.17, 15) is 9.59 Å². The summed E-state index contributed by atoms with van der Waals surface area (Å²) < 4.78 is 0. The van der Waals surface area contributed by atoms with Crippen molar-refractivity contribution < 1.29 is 9.59 Å². The first-order valence-electron chi connectivity index (χ1n) is 10.4. The standard InChI is InChI=1S/C26H27N3O2/c1-18-9-8-10-19(2)24(18)28-17-23(30)29(22-11-6-5-7-12-22)25(26(28)31)20-13-15-21(16-14-20)27(3)4/h5-16,25H,17H2,1-4H3. The van der Waals surface area contributed by atoms with E-state index in [1.807, 2.05) is 106 Å². The van der Waals surface area contributed by atoms with E-state index < -0.39 is 6.04 Å². The first kappa shape index (κ1) is 20.7. The minimum absolute atomic E-state index is 0.0195. The Balaban J connectivity index is 1.84. The van der Waals surface area contributed by atoms with E-state index in [1.54, 1.807) is 9.80 Å². The minimum atomic E-state index is -0.723. The number of rotatable bonds is 4. The molecule has 1 atom stereocenters. The second-order valence-electron chi connectivity index (χ2n) is 8.15. The molecule has 4 rings (SSSR count). The molecule has 1 aliphatic rings. The second kappa shape index (κ2) is 8.26. The summed E-state index contributed by atoms with van der Waals surface area (Å²) in [6.45, 7) is 3.97. The van der Waals surface area contributed by atoms with Gasteiger partial charge in [0.15, 0.2) is 0 Å². The zero-order chi connectivity index (χ0) is 22.1. The molecule has 3 aromatic rings. The Morgan fingerprint density at radius 1 is 0.806 bits per heavy atom. The fourth-order valence-corrected chi connectivity index (χ4v) is 4.24. The van der Waals surface area contributed by atoms with Gasteiger partial charge in [0.25, 0.3) is 5.91 Å². The third-order valence-corrected chi connectivity index (χ3v) is 5.79. The highest BCUT2D eigenvalue weighted by atomic mass is 16.2. The first-order valence-corrected chi connectivity index (χ1v) is 10.4. The van der Waals surface area contributed by atoms with Crippen LogP contribution in [0, 0.1) is 13.8 Å². The zero-order valence-corrected chi connectivity index (χ0v) is 18.4. The van der Waals surface area contributed by atoms with Gasteiger partial charge in [0.05, 0.1) is 5.69 Å². The fraction of sp³-hybridized carbons (Fsp3) is 0.231. The molecule has 0 bridgehead atoms. The number of amides is 2. The van der Waals surface area contributed by atoms with Gasteiger partial charge in [-0.1, -0.05) is 48.5 Å². The van der Waals surface area contributed by atoms with Gasteiger partial charge in [-0.25, -0.2) is 0 Å². The van der Waals surface area contributed by atoms with Crippen LogP contribution >= 0.6 is 0 Å². The molecule has 1 aliphatic heterocycles. The topological polar surface area (TPSA) is 43.9 Å². The Kier molecular flexibility index (Phi) is 5.51. The summed E-state index contributed by atoms with van der Waals surface area (Å²) in [5.41, 5.74) is 5.35. The Labute approximate surface area is 183 Å². The van der Waals surface area contributed by atoms with Crippen LogP contribution in [0.15, 0.2) is 72.8 Å². The van der Waals surface area contributed by atoms with Crippen LogP contribution in [0.4, 0.5) is 17.1 Å². The normalized spacial score (nSPS) is 16.6. The SMILES string of the molecule is Cc1cccc(C)c1N1CC(=O)N(c2ccccc2)C(c2ccc(N(C)C)cc2)C1=O. The Bertz CT molecular complexity index is 1090. The molecule has 0 spiro atoms. The zero-order valence-electron chi connectivity index (χ0n) is 18.4. The van der Waals surface area contributed by atoms with Gasteiger partial charge >= 0.3 is 0 Å². The van der Waals surface area contributed by atoms with E-state index >= 15 is 0 Å². The van der Waals surface area contributed by atoms with Crippen LogP contribution in [0.5, 0.6) is 0 Å². The van der Waals surface area contributed by atoms with E-state index in [4.69, 9.17) is 0 Å². The van der Waals surface area contributed by atoms with Crippen molar-refractivity contribution in [3.05, 3.63) is 89.5 Å². The van der Waals surface area contributed by atoms with Gasteiger partial charge in [0, 0.05) is 25.5 Å². The van der Waals surface area contributed by atoms with Gasteiger partial charge < -0.3 is 9.80 Å². The van der Waals surface area contributed by atoms with Crippen LogP contribution in [0.1, 0.15) is 22.7 Å². The maximum absolute atomic E-state index is 13.9. The molecule has 158 valence electrons. The number of hydrogen-bond donors (Lipinski definition) is 0. The molecule has 5 heteroatoms. The quantitative estimate of drug-likeness (QED) is 0.633. The van der Waals surface area contributed by atoms with Crippen molar-refractivity contribution >= 4 is 28.9 Å². The van der Waals surface area contributed by atoms with Crippen molar-refractivity contribution in [2.75, 3.05) is 35.3 Å². The lowest BCUT2D eigenvalue weighted by Gasteiger charge is -2.41. The molecule has 0 radical (unpaired) electrons. The summed E-state index contributed by atoms with van der Waals surface area (Å²) in [5, 5.41) is 0. The van der Waals surface area contributed by atoms with Crippen molar-refractivity contribution in [1.29, 1.82) is 0 Å². The first-order chi connectivity index (χ1) is 14.9. The molecular weight excluding hydrogens is 386 g/mol. The number of anilines is 3. The molecule has 1 unspecified atom stereocenters. The van der Waals surface area contributed by atoms with Crippen LogP contribution < -0.4 is 14.7 Å². The van der Waals surface area contributed by atoms with Crippen molar-refractivity contribution in [1.82, 2.24) is 0 Å². The predicted octanol–water partition coefficient (Wildman–Crippen LogP) is 4.49. The van der Waals surface area contributed by atoms with Gasteiger partial charge in [0.2, 0.25) is 5.91 Å². The molecule has 0 N–H and O–H groups in total. The highest BCUT2D eigenvalue weighted by molar-refractivity contribution is 6.15. The second-order valence-corrected chi connectivity index (χ2v) is 8.15. The number of carbonyl (C=O) groups excluding carboxylic acids is 2. The van der Waals surface area contributed by atoms with Gasteiger partial charge in [0.1, 0.15) is 12.6 Å². The summed E-state index contributed by atoms with van der Waals surface area (Å²) in [6.07, 6.45) is 0. The molecule has 3 aromatic carbocycles. The lowest BCUT2D eigenvalue weighted by molar-refractivity contribution is -0.128. The van der Waals surface area contributed by atoms with E-state index in [0.29, 0.717) is 0 Å². The predicted molar refractivity (Wildman–Crippen MR) is 126 cm³/mol. The smallest absolute Gasteiger partial charge is 0.255 e. The number of carbonyl (C=O) groups is 2. The van der Waals surface area contributed by atoms with Crippen LogP contribution in [0.25, 0.3) is 0 Å². The number of piperazine rings is 1. The van der Waals surface area contributed by atoms with Gasteiger partial charge in [-0.2, -0.15) is 0 Å². The summed E-state index contributed by atoms with van der Waals surface area (Å²) in [6, 6.07) is 22.5. The fourth-order valence-electron chi connectivity index (χ4n) is 4.24. The van der Waals surface area contributed by atoms with Crippen LogP contribution in [0.3, 0.4) is 0 Å². The lowest BCUT2D eigenvalue weighted by atomic mass is 9.97. The Morgan fingerprint density at radius 2 is 1.42 bits per heavy atom. The third kappa shape index (κ3) is 3.79. The van der Waals surface area contributed by atoms with Crippen molar-refractivity contribution in [3.63, 3.8) is 0 Å². The molecule has 31 heavy (non-hydrogen) atoms. The van der Waals surface area contributed by atoms with Crippen LogP contribution in [-0.4, -0.2) is 32.5 Å². The number of benzene rings is 3. The summed E-state index contributed by atoms with van der Waals surface area (Å²) >= 11 is 0. The maximum Gasteiger partial charge on any atom is 0.255 e. The average molecular weight is 414 g/mol. The van der Waals surface area contributed by atoms with Crippen LogP contribution in [-0.2, 0) is 9.59 Å². The monoisotopic (exact) mass is 413 g/mol. The maximum atomic E-state index is 13.9. The number of para-hydroxylation sites is 2. The third-order valence-electron chi connectivity index (χ3n) is 5.79. The average Bonchev–Trinajstić information content (AvgIpc) is 2.76. The minimum Gasteiger partial charge on any atom is -0.378 e.